The van der Waals surface area contributed by atoms with Crippen molar-refractivity contribution in [2.75, 3.05) is 6.54 Å². The van der Waals surface area contributed by atoms with Crippen molar-refractivity contribution in [2.24, 2.45) is 0 Å². The normalized spacial score (nSPS) is 11.4. The van der Waals surface area contributed by atoms with Gasteiger partial charge in [0.15, 0.2) is 0 Å². The number of benzene rings is 2. The van der Waals surface area contributed by atoms with Crippen LogP contribution in [-0.2, 0) is 19.5 Å². The molecule has 0 amide bonds. The first-order valence-electron chi connectivity index (χ1n) is 10.7. The first-order valence-corrected chi connectivity index (χ1v) is 10.7. The molecule has 0 spiro atoms. The highest BCUT2D eigenvalue weighted by Crippen LogP contribution is 2.18. The molecule has 0 saturated carbocycles. The van der Waals surface area contributed by atoms with E-state index >= 15 is 0 Å². The van der Waals surface area contributed by atoms with Gasteiger partial charge in [-0.05, 0) is 41.8 Å². The van der Waals surface area contributed by atoms with Crippen LogP contribution in [0.5, 0.6) is 0 Å². The molecule has 0 atom stereocenters. The van der Waals surface area contributed by atoms with E-state index in [0.717, 1.165) is 43.1 Å². The largest absolute Gasteiger partial charge is 0.312 e. The van der Waals surface area contributed by atoms with Crippen LogP contribution in [0, 0.1) is 5.82 Å². The lowest BCUT2D eigenvalue weighted by atomic mass is 10.1. The summed E-state index contributed by atoms with van der Waals surface area (Å²) in [5.74, 6) is 0.133. The fourth-order valence-electron chi connectivity index (χ4n) is 3.62. The highest BCUT2D eigenvalue weighted by atomic mass is 19.1. The van der Waals surface area contributed by atoms with Crippen LogP contribution < -0.4 is 5.32 Å². The minimum atomic E-state index is -0.242. The molecule has 2 aromatic heterocycles. The summed E-state index contributed by atoms with van der Waals surface area (Å²) in [6, 6.07) is 18.7. The topological polar surface area (TPSA) is 47.7 Å². The lowest BCUT2D eigenvalue weighted by Gasteiger charge is -2.06. The Morgan fingerprint density at radius 2 is 1.74 bits per heavy atom. The molecule has 4 aromatic rings. The molecular formula is C25H28FN5. The van der Waals surface area contributed by atoms with Gasteiger partial charge in [0.2, 0.25) is 0 Å². The highest BCUT2D eigenvalue weighted by molar-refractivity contribution is 5.31. The molecular weight excluding hydrogens is 389 g/mol. The molecule has 1 N–H and O–H groups in total. The Morgan fingerprint density at radius 3 is 2.48 bits per heavy atom. The Kier molecular flexibility index (Phi) is 6.57. The van der Waals surface area contributed by atoms with Gasteiger partial charge in [-0.2, -0.15) is 10.2 Å². The molecule has 2 aromatic carbocycles. The Hall–Kier alpha value is -3.25. The average molecular weight is 418 g/mol. The van der Waals surface area contributed by atoms with Gasteiger partial charge in [0, 0.05) is 37.5 Å². The van der Waals surface area contributed by atoms with E-state index < -0.39 is 0 Å². The lowest BCUT2D eigenvalue weighted by molar-refractivity contribution is 0.627. The van der Waals surface area contributed by atoms with Crippen LogP contribution >= 0.6 is 0 Å². The molecule has 160 valence electrons. The summed E-state index contributed by atoms with van der Waals surface area (Å²) in [7, 11) is 0. The molecule has 2 heterocycles. The molecule has 0 bridgehead atoms. The summed E-state index contributed by atoms with van der Waals surface area (Å²) in [4.78, 5) is 0. The van der Waals surface area contributed by atoms with E-state index in [-0.39, 0.29) is 5.82 Å². The summed E-state index contributed by atoms with van der Waals surface area (Å²) < 4.78 is 16.9. The molecule has 0 saturated heterocycles. The molecule has 0 aliphatic rings. The number of nitrogens with one attached hydrogen (secondary N) is 1. The van der Waals surface area contributed by atoms with Gasteiger partial charge >= 0.3 is 0 Å². The van der Waals surface area contributed by atoms with Crippen LogP contribution in [0.1, 0.15) is 42.3 Å². The summed E-state index contributed by atoms with van der Waals surface area (Å²) in [6.45, 7) is 6.74. The van der Waals surface area contributed by atoms with Gasteiger partial charge < -0.3 is 5.32 Å². The van der Waals surface area contributed by atoms with E-state index in [1.165, 1.54) is 23.3 Å². The Morgan fingerprint density at radius 1 is 0.968 bits per heavy atom. The molecule has 4 rings (SSSR count). The zero-order valence-corrected chi connectivity index (χ0v) is 18.0. The quantitative estimate of drug-likeness (QED) is 0.401. The number of nitrogens with zero attached hydrogens (tertiary/aromatic N) is 4. The van der Waals surface area contributed by atoms with Gasteiger partial charge in [-0.3, -0.25) is 4.68 Å². The third-order valence-electron chi connectivity index (χ3n) is 5.21. The number of hydrogen-bond donors (Lipinski definition) is 1. The lowest BCUT2D eigenvalue weighted by Crippen LogP contribution is -2.17. The Bertz CT molecular complexity index is 1100. The molecule has 0 fully saturated rings. The highest BCUT2D eigenvalue weighted by Gasteiger charge is 2.12. The van der Waals surface area contributed by atoms with Crippen LogP contribution in [0.4, 0.5) is 4.39 Å². The van der Waals surface area contributed by atoms with E-state index in [1.54, 1.807) is 16.8 Å². The smallest absolute Gasteiger partial charge is 0.123 e. The predicted octanol–water partition coefficient (Wildman–Crippen LogP) is 4.71. The van der Waals surface area contributed by atoms with Gasteiger partial charge in [-0.25, -0.2) is 9.07 Å². The van der Waals surface area contributed by atoms with Crippen molar-refractivity contribution in [3.63, 3.8) is 0 Å². The third-order valence-corrected chi connectivity index (χ3v) is 5.21. The zero-order chi connectivity index (χ0) is 21.6. The van der Waals surface area contributed by atoms with Gasteiger partial charge in [0.05, 0.1) is 23.6 Å². The summed E-state index contributed by atoms with van der Waals surface area (Å²) in [5, 5.41) is 12.9. The maximum atomic E-state index is 13.1. The molecule has 5 nitrogen and oxygen atoms in total. The minimum Gasteiger partial charge on any atom is -0.312 e. The fraction of sp³-hybridized carbons (Fsp3) is 0.280. The number of aromatic nitrogens is 4. The van der Waals surface area contributed by atoms with Crippen LogP contribution in [0.15, 0.2) is 73.1 Å². The second-order valence-corrected chi connectivity index (χ2v) is 8.03. The van der Waals surface area contributed by atoms with Crippen molar-refractivity contribution in [3.8, 4) is 5.69 Å². The van der Waals surface area contributed by atoms with E-state index in [4.69, 9.17) is 5.10 Å². The summed E-state index contributed by atoms with van der Waals surface area (Å²) >= 11 is 0. The van der Waals surface area contributed by atoms with E-state index in [0.29, 0.717) is 5.92 Å². The van der Waals surface area contributed by atoms with Crippen LogP contribution in [0.25, 0.3) is 5.69 Å². The first kappa shape index (κ1) is 21.0. The number of rotatable bonds is 9. The SMILES string of the molecule is CC(C)c1nn(Cc2ccccc2)cc1CNCCc1ccn(-c2ccc(F)cc2)n1. The molecule has 6 heteroatoms. The average Bonchev–Trinajstić information content (AvgIpc) is 3.40. The van der Waals surface area contributed by atoms with Gasteiger partial charge in [-0.15, -0.1) is 0 Å². The maximum Gasteiger partial charge on any atom is 0.123 e. The van der Waals surface area contributed by atoms with Gasteiger partial charge in [-0.1, -0.05) is 44.2 Å². The number of hydrogen-bond acceptors (Lipinski definition) is 3. The standard InChI is InChI=1S/C25H28FN5/c1-19(2)25-21(18-30(29-25)17-20-6-4-3-5-7-20)16-27-14-12-23-13-15-31(28-23)24-10-8-22(26)9-11-24/h3-11,13,15,18-19,27H,12,14,16-17H2,1-2H3. The van der Waals surface area contributed by atoms with Crippen molar-refractivity contribution in [3.05, 3.63) is 101 Å². The fourth-order valence-corrected chi connectivity index (χ4v) is 3.62. The molecule has 0 radical (unpaired) electrons. The molecule has 31 heavy (non-hydrogen) atoms. The van der Waals surface area contributed by atoms with E-state index in [2.05, 4.69) is 54.7 Å². The van der Waals surface area contributed by atoms with Crippen LogP contribution in [0.2, 0.25) is 0 Å². The van der Waals surface area contributed by atoms with E-state index in [9.17, 15) is 4.39 Å². The first-order chi connectivity index (χ1) is 15.1. The minimum absolute atomic E-state index is 0.242. The van der Waals surface area contributed by atoms with Gasteiger partial charge in [0.1, 0.15) is 5.82 Å². The molecule has 0 aliphatic heterocycles. The molecule has 0 unspecified atom stereocenters. The van der Waals surface area contributed by atoms with E-state index in [1.807, 2.05) is 23.0 Å². The second kappa shape index (κ2) is 9.71. The zero-order valence-electron chi connectivity index (χ0n) is 18.0. The second-order valence-electron chi connectivity index (χ2n) is 8.03. The van der Waals surface area contributed by atoms with Crippen molar-refractivity contribution in [2.45, 2.75) is 39.3 Å². The Balaban J connectivity index is 1.32. The predicted molar refractivity (Wildman–Crippen MR) is 121 cm³/mol. The summed E-state index contributed by atoms with van der Waals surface area (Å²) in [6.07, 6.45) is 4.88. The van der Waals surface area contributed by atoms with Crippen molar-refractivity contribution >= 4 is 0 Å². The van der Waals surface area contributed by atoms with Crippen LogP contribution in [-0.4, -0.2) is 26.1 Å². The molecule has 0 aliphatic carbocycles. The maximum absolute atomic E-state index is 13.1. The van der Waals surface area contributed by atoms with Gasteiger partial charge in [0.25, 0.3) is 0 Å². The third kappa shape index (κ3) is 5.47. The monoisotopic (exact) mass is 417 g/mol. The number of halogens is 1. The van der Waals surface area contributed by atoms with Crippen LogP contribution in [0.3, 0.4) is 0 Å². The Labute approximate surface area is 182 Å². The summed E-state index contributed by atoms with van der Waals surface area (Å²) in [5.41, 5.74) is 5.48. The van der Waals surface area contributed by atoms with Crippen molar-refractivity contribution in [1.29, 1.82) is 0 Å². The van der Waals surface area contributed by atoms with Crippen molar-refractivity contribution < 1.29 is 4.39 Å². The van der Waals surface area contributed by atoms with Crippen molar-refractivity contribution in [1.82, 2.24) is 24.9 Å².